The first kappa shape index (κ1) is 13.6. The lowest BCUT2D eigenvalue weighted by Gasteiger charge is -2.02. The standard InChI is InChI=1S/C18H20O/c1-16-9-5-6-12-18(16)13-7-8-14-19-15-17-10-3-2-4-11-17/h2-7,9-13H,8,14-15H2,1H3/b13-7+. The zero-order chi connectivity index (χ0) is 13.3. The third-order valence-electron chi connectivity index (χ3n) is 3.03. The van der Waals surface area contributed by atoms with Gasteiger partial charge in [-0.25, -0.2) is 0 Å². The lowest BCUT2D eigenvalue weighted by molar-refractivity contribution is 0.125. The topological polar surface area (TPSA) is 9.23 Å². The highest BCUT2D eigenvalue weighted by atomic mass is 16.5. The van der Waals surface area contributed by atoms with Crippen molar-refractivity contribution in [3.63, 3.8) is 0 Å². The van der Waals surface area contributed by atoms with Crippen molar-refractivity contribution in [3.8, 4) is 0 Å². The van der Waals surface area contributed by atoms with E-state index in [4.69, 9.17) is 4.74 Å². The van der Waals surface area contributed by atoms with Crippen LogP contribution in [0.3, 0.4) is 0 Å². The van der Waals surface area contributed by atoms with E-state index in [1.165, 1.54) is 16.7 Å². The number of aryl methyl sites for hydroxylation is 1. The van der Waals surface area contributed by atoms with Crippen molar-refractivity contribution in [2.45, 2.75) is 20.0 Å². The van der Waals surface area contributed by atoms with Crippen LogP contribution < -0.4 is 0 Å². The number of ether oxygens (including phenoxy) is 1. The maximum atomic E-state index is 5.64. The lowest BCUT2D eigenvalue weighted by Crippen LogP contribution is -1.93. The zero-order valence-corrected chi connectivity index (χ0v) is 11.4. The van der Waals surface area contributed by atoms with Gasteiger partial charge in [0.2, 0.25) is 0 Å². The van der Waals surface area contributed by atoms with Gasteiger partial charge < -0.3 is 4.74 Å². The molecule has 98 valence electrons. The Bertz CT molecular complexity index is 514. The van der Waals surface area contributed by atoms with Gasteiger partial charge in [0.25, 0.3) is 0 Å². The Labute approximate surface area is 115 Å². The molecule has 1 heteroatoms. The molecule has 0 unspecified atom stereocenters. The number of hydrogen-bond donors (Lipinski definition) is 0. The van der Waals surface area contributed by atoms with Crippen molar-refractivity contribution in [1.29, 1.82) is 0 Å². The molecule has 0 aromatic heterocycles. The van der Waals surface area contributed by atoms with Gasteiger partial charge in [0.05, 0.1) is 13.2 Å². The molecule has 0 aliphatic heterocycles. The van der Waals surface area contributed by atoms with Crippen LogP contribution in [0.4, 0.5) is 0 Å². The van der Waals surface area contributed by atoms with E-state index in [9.17, 15) is 0 Å². The van der Waals surface area contributed by atoms with E-state index >= 15 is 0 Å². The van der Waals surface area contributed by atoms with Gasteiger partial charge in [-0.3, -0.25) is 0 Å². The molecular weight excluding hydrogens is 232 g/mol. The highest BCUT2D eigenvalue weighted by Crippen LogP contribution is 2.09. The molecule has 0 heterocycles. The second-order valence-corrected chi connectivity index (χ2v) is 4.59. The summed E-state index contributed by atoms with van der Waals surface area (Å²) in [6.45, 7) is 3.59. The summed E-state index contributed by atoms with van der Waals surface area (Å²) >= 11 is 0. The van der Waals surface area contributed by atoms with Crippen molar-refractivity contribution in [2.24, 2.45) is 0 Å². The van der Waals surface area contributed by atoms with Crippen molar-refractivity contribution in [3.05, 3.63) is 77.4 Å². The Hall–Kier alpha value is -1.86. The zero-order valence-electron chi connectivity index (χ0n) is 11.4. The van der Waals surface area contributed by atoms with E-state index in [-0.39, 0.29) is 0 Å². The van der Waals surface area contributed by atoms with Crippen LogP contribution in [-0.4, -0.2) is 6.61 Å². The number of hydrogen-bond acceptors (Lipinski definition) is 1. The molecule has 0 aliphatic carbocycles. The summed E-state index contributed by atoms with van der Waals surface area (Å²) in [7, 11) is 0. The highest BCUT2D eigenvalue weighted by molar-refractivity contribution is 5.53. The second-order valence-electron chi connectivity index (χ2n) is 4.59. The fourth-order valence-corrected chi connectivity index (χ4v) is 1.90. The molecule has 19 heavy (non-hydrogen) atoms. The molecule has 0 aliphatic rings. The number of rotatable bonds is 6. The maximum absolute atomic E-state index is 5.64. The molecule has 0 spiro atoms. The van der Waals surface area contributed by atoms with Crippen LogP contribution in [-0.2, 0) is 11.3 Å². The van der Waals surface area contributed by atoms with E-state index in [1.807, 2.05) is 18.2 Å². The summed E-state index contributed by atoms with van der Waals surface area (Å²) in [4.78, 5) is 0. The average molecular weight is 252 g/mol. The first-order chi connectivity index (χ1) is 9.36. The molecule has 2 aromatic carbocycles. The minimum atomic E-state index is 0.693. The molecule has 0 radical (unpaired) electrons. The summed E-state index contributed by atoms with van der Waals surface area (Å²) in [6.07, 6.45) is 5.29. The van der Waals surface area contributed by atoms with Crippen molar-refractivity contribution in [1.82, 2.24) is 0 Å². The molecule has 2 rings (SSSR count). The van der Waals surface area contributed by atoms with Crippen LogP contribution in [0.25, 0.3) is 6.08 Å². The molecule has 0 bridgehead atoms. The summed E-state index contributed by atoms with van der Waals surface area (Å²) in [5.74, 6) is 0. The van der Waals surface area contributed by atoms with Gasteiger partial charge in [-0.2, -0.15) is 0 Å². The molecule has 0 saturated heterocycles. The van der Waals surface area contributed by atoms with Crippen LogP contribution in [0.1, 0.15) is 23.1 Å². The monoisotopic (exact) mass is 252 g/mol. The van der Waals surface area contributed by atoms with E-state index in [1.54, 1.807) is 0 Å². The molecule has 0 N–H and O–H groups in total. The van der Waals surface area contributed by atoms with Crippen molar-refractivity contribution in [2.75, 3.05) is 6.61 Å². The summed E-state index contributed by atoms with van der Waals surface area (Å²) in [5, 5.41) is 0. The molecule has 0 atom stereocenters. The van der Waals surface area contributed by atoms with Gasteiger partial charge in [-0.05, 0) is 30.0 Å². The predicted molar refractivity (Wildman–Crippen MR) is 80.9 cm³/mol. The summed E-state index contributed by atoms with van der Waals surface area (Å²) in [5.41, 5.74) is 3.82. The van der Waals surface area contributed by atoms with Crippen LogP contribution >= 0.6 is 0 Å². The van der Waals surface area contributed by atoms with Gasteiger partial charge in [0.1, 0.15) is 0 Å². The average Bonchev–Trinajstić information content (AvgIpc) is 2.45. The molecule has 1 nitrogen and oxygen atoms in total. The molecule has 0 saturated carbocycles. The summed E-state index contributed by atoms with van der Waals surface area (Å²) < 4.78 is 5.64. The Morgan fingerprint density at radius 3 is 2.47 bits per heavy atom. The van der Waals surface area contributed by atoms with Crippen molar-refractivity contribution < 1.29 is 4.74 Å². The first-order valence-electron chi connectivity index (χ1n) is 6.70. The van der Waals surface area contributed by atoms with Crippen LogP contribution in [0, 0.1) is 6.92 Å². The van der Waals surface area contributed by atoms with E-state index in [2.05, 4.69) is 55.5 Å². The SMILES string of the molecule is Cc1ccccc1/C=C/CCOCc1ccccc1. The minimum absolute atomic E-state index is 0.693. The Morgan fingerprint density at radius 1 is 0.947 bits per heavy atom. The normalized spacial score (nSPS) is 11.0. The predicted octanol–water partition coefficient (Wildman–Crippen LogP) is 4.62. The van der Waals surface area contributed by atoms with Crippen LogP contribution in [0.5, 0.6) is 0 Å². The Balaban J connectivity index is 1.68. The summed E-state index contributed by atoms with van der Waals surface area (Å²) in [6, 6.07) is 18.7. The van der Waals surface area contributed by atoms with Gasteiger partial charge in [0.15, 0.2) is 0 Å². The largest absolute Gasteiger partial charge is 0.376 e. The minimum Gasteiger partial charge on any atom is -0.376 e. The molecule has 2 aromatic rings. The van der Waals surface area contributed by atoms with Gasteiger partial charge in [-0.15, -0.1) is 0 Å². The maximum Gasteiger partial charge on any atom is 0.0717 e. The second kappa shape index (κ2) is 7.55. The third kappa shape index (κ3) is 4.72. The Morgan fingerprint density at radius 2 is 1.68 bits per heavy atom. The van der Waals surface area contributed by atoms with Crippen LogP contribution in [0.15, 0.2) is 60.7 Å². The molecule has 0 fully saturated rings. The van der Waals surface area contributed by atoms with Crippen molar-refractivity contribution >= 4 is 6.08 Å². The lowest BCUT2D eigenvalue weighted by atomic mass is 10.1. The number of benzene rings is 2. The fraction of sp³-hybridized carbons (Fsp3) is 0.222. The van der Waals surface area contributed by atoms with E-state index < -0.39 is 0 Å². The Kier molecular flexibility index (Phi) is 5.39. The molecular formula is C18H20O. The fourth-order valence-electron chi connectivity index (χ4n) is 1.90. The third-order valence-corrected chi connectivity index (χ3v) is 3.03. The van der Waals surface area contributed by atoms with E-state index in [0.717, 1.165) is 13.0 Å². The molecule has 0 amide bonds. The van der Waals surface area contributed by atoms with E-state index in [0.29, 0.717) is 6.61 Å². The first-order valence-corrected chi connectivity index (χ1v) is 6.70. The van der Waals surface area contributed by atoms with Gasteiger partial charge >= 0.3 is 0 Å². The highest BCUT2D eigenvalue weighted by Gasteiger charge is 1.92. The van der Waals surface area contributed by atoms with Gasteiger partial charge in [0, 0.05) is 0 Å². The van der Waals surface area contributed by atoms with Gasteiger partial charge in [-0.1, -0.05) is 66.7 Å². The quantitative estimate of drug-likeness (QED) is 0.682. The smallest absolute Gasteiger partial charge is 0.0717 e. The van der Waals surface area contributed by atoms with Crippen LogP contribution in [0.2, 0.25) is 0 Å².